The number of hydrogen-bond acceptors (Lipinski definition) is 2. The lowest BCUT2D eigenvalue weighted by Gasteiger charge is -2.20. The Morgan fingerprint density at radius 3 is 2.31 bits per heavy atom. The van der Waals surface area contributed by atoms with Crippen LogP contribution in [0.4, 0.5) is 0 Å². The summed E-state index contributed by atoms with van der Waals surface area (Å²) < 4.78 is 5.47. The quantitative estimate of drug-likeness (QED) is 0.676. The van der Waals surface area contributed by atoms with Crippen molar-refractivity contribution in [3.8, 4) is 5.75 Å². The molecular formula is C23H25NO2. The normalized spacial score (nSPS) is 12.0. The SMILES string of the molecule is CC[C@@H](NC(=O)c1cc2ccccc2cc1OC)c1ccc(C)c(C)c1. The molecule has 0 fully saturated rings. The van der Waals surface area contributed by atoms with Gasteiger partial charge in [-0.2, -0.15) is 0 Å². The van der Waals surface area contributed by atoms with Crippen molar-refractivity contribution in [3.63, 3.8) is 0 Å². The summed E-state index contributed by atoms with van der Waals surface area (Å²) in [6, 6.07) is 18.1. The second-order valence-electron chi connectivity index (χ2n) is 6.68. The van der Waals surface area contributed by atoms with Gasteiger partial charge in [-0.15, -0.1) is 0 Å². The number of hydrogen-bond donors (Lipinski definition) is 1. The lowest BCUT2D eigenvalue weighted by molar-refractivity contribution is 0.0932. The fraction of sp³-hybridized carbons (Fsp3) is 0.261. The van der Waals surface area contributed by atoms with Gasteiger partial charge in [0.05, 0.1) is 18.7 Å². The third-order valence-electron chi connectivity index (χ3n) is 4.96. The van der Waals surface area contributed by atoms with Crippen LogP contribution in [0, 0.1) is 13.8 Å². The number of fused-ring (bicyclic) bond motifs is 1. The van der Waals surface area contributed by atoms with Crippen molar-refractivity contribution < 1.29 is 9.53 Å². The summed E-state index contributed by atoms with van der Waals surface area (Å²) in [6.07, 6.45) is 0.824. The summed E-state index contributed by atoms with van der Waals surface area (Å²) in [4.78, 5) is 13.0. The highest BCUT2D eigenvalue weighted by molar-refractivity contribution is 6.01. The van der Waals surface area contributed by atoms with Gasteiger partial charge in [-0.25, -0.2) is 0 Å². The lowest BCUT2D eigenvalue weighted by Crippen LogP contribution is -2.28. The third-order valence-corrected chi connectivity index (χ3v) is 4.96. The van der Waals surface area contributed by atoms with Crippen LogP contribution in [0.5, 0.6) is 5.75 Å². The Balaban J connectivity index is 1.92. The van der Waals surface area contributed by atoms with E-state index in [2.05, 4.69) is 44.3 Å². The highest BCUT2D eigenvalue weighted by Gasteiger charge is 2.18. The van der Waals surface area contributed by atoms with E-state index in [9.17, 15) is 4.79 Å². The van der Waals surface area contributed by atoms with Crippen LogP contribution in [0.2, 0.25) is 0 Å². The van der Waals surface area contributed by atoms with Crippen LogP contribution >= 0.6 is 0 Å². The van der Waals surface area contributed by atoms with Crippen LogP contribution in [-0.2, 0) is 0 Å². The number of ether oxygens (including phenoxy) is 1. The minimum absolute atomic E-state index is 0.0297. The van der Waals surface area contributed by atoms with Crippen LogP contribution in [0.3, 0.4) is 0 Å². The molecule has 0 spiro atoms. The Morgan fingerprint density at radius 1 is 1.00 bits per heavy atom. The first kappa shape index (κ1) is 18.0. The summed E-state index contributed by atoms with van der Waals surface area (Å²) in [5.41, 5.74) is 4.18. The van der Waals surface area contributed by atoms with Crippen molar-refractivity contribution in [1.29, 1.82) is 0 Å². The van der Waals surface area contributed by atoms with Crippen molar-refractivity contribution >= 4 is 16.7 Å². The smallest absolute Gasteiger partial charge is 0.255 e. The first-order chi connectivity index (χ1) is 12.5. The molecular weight excluding hydrogens is 322 g/mol. The zero-order valence-electron chi connectivity index (χ0n) is 15.8. The van der Waals surface area contributed by atoms with E-state index in [1.807, 2.05) is 36.4 Å². The van der Waals surface area contributed by atoms with Gasteiger partial charge < -0.3 is 10.1 Å². The molecule has 0 aliphatic heterocycles. The molecule has 3 nitrogen and oxygen atoms in total. The minimum Gasteiger partial charge on any atom is -0.496 e. The third kappa shape index (κ3) is 3.57. The molecule has 0 saturated carbocycles. The maximum Gasteiger partial charge on any atom is 0.255 e. The Hall–Kier alpha value is -2.81. The van der Waals surface area contributed by atoms with Gasteiger partial charge in [-0.3, -0.25) is 4.79 Å². The van der Waals surface area contributed by atoms with Crippen LogP contribution < -0.4 is 10.1 Å². The van der Waals surface area contributed by atoms with E-state index in [1.54, 1.807) is 7.11 Å². The van der Waals surface area contributed by atoms with Crippen LogP contribution in [0.15, 0.2) is 54.6 Å². The predicted molar refractivity (Wildman–Crippen MR) is 107 cm³/mol. The molecule has 3 aromatic rings. The number of aryl methyl sites for hydroxylation is 2. The molecule has 0 aromatic heterocycles. The zero-order valence-corrected chi connectivity index (χ0v) is 15.8. The number of carbonyl (C=O) groups excluding carboxylic acids is 1. The summed E-state index contributed by atoms with van der Waals surface area (Å²) in [7, 11) is 1.60. The van der Waals surface area contributed by atoms with Crippen LogP contribution in [0.1, 0.15) is 46.4 Å². The lowest BCUT2D eigenvalue weighted by atomic mass is 9.98. The predicted octanol–water partition coefficient (Wildman–Crippen LogP) is 5.35. The summed E-state index contributed by atoms with van der Waals surface area (Å²) in [5, 5.41) is 5.25. The van der Waals surface area contributed by atoms with Gasteiger partial charge in [-0.05, 0) is 59.9 Å². The Bertz CT molecular complexity index is 946. The van der Waals surface area contributed by atoms with E-state index in [-0.39, 0.29) is 11.9 Å². The zero-order chi connectivity index (χ0) is 18.7. The maximum absolute atomic E-state index is 13.0. The maximum atomic E-state index is 13.0. The first-order valence-corrected chi connectivity index (χ1v) is 8.98. The molecule has 0 bridgehead atoms. The molecule has 3 rings (SSSR count). The second kappa shape index (κ2) is 7.61. The molecule has 0 aliphatic rings. The Kier molecular flexibility index (Phi) is 5.27. The summed E-state index contributed by atoms with van der Waals surface area (Å²) in [6.45, 7) is 6.27. The van der Waals surface area contributed by atoms with Crippen molar-refractivity contribution in [2.45, 2.75) is 33.2 Å². The van der Waals surface area contributed by atoms with Crippen molar-refractivity contribution in [2.75, 3.05) is 7.11 Å². The van der Waals surface area contributed by atoms with E-state index < -0.39 is 0 Å². The Morgan fingerprint density at radius 2 is 1.69 bits per heavy atom. The molecule has 0 aliphatic carbocycles. The molecule has 3 heteroatoms. The van der Waals surface area contributed by atoms with E-state index in [0.717, 1.165) is 22.8 Å². The van der Waals surface area contributed by atoms with Crippen molar-refractivity contribution in [3.05, 3.63) is 76.9 Å². The Labute approximate surface area is 155 Å². The molecule has 26 heavy (non-hydrogen) atoms. The van der Waals surface area contributed by atoms with Crippen LogP contribution in [-0.4, -0.2) is 13.0 Å². The number of benzene rings is 3. The molecule has 0 heterocycles. The molecule has 1 amide bonds. The minimum atomic E-state index is -0.113. The van der Waals surface area contributed by atoms with E-state index in [4.69, 9.17) is 4.74 Å². The number of methoxy groups -OCH3 is 1. The number of nitrogens with one attached hydrogen (secondary N) is 1. The molecule has 0 radical (unpaired) electrons. The summed E-state index contributed by atoms with van der Waals surface area (Å²) in [5.74, 6) is 0.480. The molecule has 3 aromatic carbocycles. The fourth-order valence-corrected chi connectivity index (χ4v) is 3.20. The molecule has 134 valence electrons. The number of amides is 1. The molecule has 1 N–H and O–H groups in total. The second-order valence-corrected chi connectivity index (χ2v) is 6.68. The summed E-state index contributed by atoms with van der Waals surface area (Å²) >= 11 is 0. The largest absolute Gasteiger partial charge is 0.496 e. The highest BCUT2D eigenvalue weighted by atomic mass is 16.5. The van der Waals surface area contributed by atoms with E-state index in [0.29, 0.717) is 11.3 Å². The molecule has 1 atom stereocenters. The number of carbonyl (C=O) groups is 1. The average molecular weight is 347 g/mol. The standard InChI is InChI=1S/C23H25NO2/c1-5-21(19-11-10-15(2)16(3)12-19)24-23(25)20-13-17-8-6-7-9-18(17)14-22(20)26-4/h6-14,21H,5H2,1-4H3,(H,24,25)/t21-/m1/s1. The first-order valence-electron chi connectivity index (χ1n) is 8.98. The van der Waals surface area contributed by atoms with Gasteiger partial charge in [0.25, 0.3) is 5.91 Å². The van der Waals surface area contributed by atoms with Gasteiger partial charge in [0, 0.05) is 0 Å². The van der Waals surface area contributed by atoms with Crippen molar-refractivity contribution in [1.82, 2.24) is 5.32 Å². The van der Waals surface area contributed by atoms with Gasteiger partial charge in [-0.1, -0.05) is 49.4 Å². The van der Waals surface area contributed by atoms with Gasteiger partial charge in [0.1, 0.15) is 5.75 Å². The van der Waals surface area contributed by atoms with Gasteiger partial charge in [0.2, 0.25) is 0 Å². The molecule has 0 saturated heterocycles. The topological polar surface area (TPSA) is 38.3 Å². The van der Waals surface area contributed by atoms with Crippen molar-refractivity contribution in [2.24, 2.45) is 0 Å². The average Bonchev–Trinajstić information content (AvgIpc) is 2.67. The van der Waals surface area contributed by atoms with E-state index >= 15 is 0 Å². The van der Waals surface area contributed by atoms with Gasteiger partial charge in [0.15, 0.2) is 0 Å². The number of rotatable bonds is 5. The molecule has 0 unspecified atom stereocenters. The fourth-order valence-electron chi connectivity index (χ4n) is 3.20. The monoisotopic (exact) mass is 347 g/mol. The highest BCUT2D eigenvalue weighted by Crippen LogP contribution is 2.27. The van der Waals surface area contributed by atoms with Gasteiger partial charge >= 0.3 is 0 Å². The van der Waals surface area contributed by atoms with E-state index in [1.165, 1.54) is 11.1 Å². The van der Waals surface area contributed by atoms with Crippen LogP contribution in [0.25, 0.3) is 10.8 Å².